The van der Waals surface area contributed by atoms with Gasteiger partial charge in [0.2, 0.25) is 5.91 Å². The maximum Gasteiger partial charge on any atom is 0.217 e. The summed E-state index contributed by atoms with van der Waals surface area (Å²) in [6.45, 7) is 6.27. The van der Waals surface area contributed by atoms with Gasteiger partial charge in [-0.05, 0) is 25.0 Å². The fourth-order valence-electron chi connectivity index (χ4n) is 1.21. The third-order valence-corrected chi connectivity index (χ3v) is 2.03. The minimum atomic E-state index is 0.0147. The minimum absolute atomic E-state index is 0.0147. The van der Waals surface area contributed by atoms with E-state index in [-0.39, 0.29) is 5.91 Å². The number of aryl methyl sites for hydroxylation is 2. The van der Waals surface area contributed by atoms with Crippen LogP contribution in [0.25, 0.3) is 0 Å². The summed E-state index contributed by atoms with van der Waals surface area (Å²) in [7, 11) is 0. The molecule has 0 saturated heterocycles. The van der Waals surface area contributed by atoms with Crippen LogP contribution in [-0.2, 0) is 11.3 Å². The Kier molecular flexibility index (Phi) is 3.07. The molecule has 0 spiro atoms. The van der Waals surface area contributed by atoms with Crippen molar-refractivity contribution in [3.63, 3.8) is 0 Å². The van der Waals surface area contributed by atoms with Crippen LogP contribution in [0.5, 0.6) is 0 Å². The summed E-state index contributed by atoms with van der Waals surface area (Å²) in [5, 5.41) is 2.79. The topological polar surface area (TPSA) is 29.1 Å². The third kappa shape index (κ3) is 2.90. The Balaban J connectivity index is 2.75. The van der Waals surface area contributed by atoms with Crippen molar-refractivity contribution < 1.29 is 4.79 Å². The zero-order valence-electron chi connectivity index (χ0n) is 8.35. The van der Waals surface area contributed by atoms with Crippen LogP contribution >= 0.6 is 0 Å². The first kappa shape index (κ1) is 9.78. The molecule has 0 atom stereocenters. The van der Waals surface area contributed by atoms with Crippen molar-refractivity contribution in [1.29, 1.82) is 0 Å². The summed E-state index contributed by atoms with van der Waals surface area (Å²) in [4.78, 5) is 10.7. The highest BCUT2D eigenvalue weighted by molar-refractivity contribution is 5.72. The molecule has 1 aromatic carbocycles. The van der Waals surface area contributed by atoms with E-state index in [9.17, 15) is 4.79 Å². The second-order valence-electron chi connectivity index (χ2n) is 3.34. The van der Waals surface area contributed by atoms with Crippen molar-refractivity contribution in [1.82, 2.24) is 5.32 Å². The summed E-state index contributed by atoms with van der Waals surface area (Å²) in [6.07, 6.45) is 0. The molecule has 0 bridgehead atoms. The molecule has 0 unspecified atom stereocenters. The average Bonchev–Trinajstić information content (AvgIpc) is 2.06. The Morgan fingerprint density at radius 3 is 2.69 bits per heavy atom. The van der Waals surface area contributed by atoms with Crippen molar-refractivity contribution in [2.24, 2.45) is 0 Å². The van der Waals surface area contributed by atoms with Gasteiger partial charge < -0.3 is 5.32 Å². The van der Waals surface area contributed by atoms with Gasteiger partial charge in [-0.2, -0.15) is 0 Å². The molecule has 1 amide bonds. The molecule has 0 aliphatic rings. The van der Waals surface area contributed by atoms with Gasteiger partial charge in [0.25, 0.3) is 0 Å². The average molecular weight is 177 g/mol. The van der Waals surface area contributed by atoms with Gasteiger partial charge in [-0.15, -0.1) is 0 Å². The zero-order chi connectivity index (χ0) is 9.84. The number of rotatable bonds is 2. The normalized spacial score (nSPS) is 9.77. The molecule has 2 nitrogen and oxygen atoms in total. The van der Waals surface area contributed by atoms with E-state index in [2.05, 4.69) is 37.4 Å². The van der Waals surface area contributed by atoms with Gasteiger partial charge in [0, 0.05) is 13.5 Å². The number of carbonyl (C=O) groups is 1. The molecule has 13 heavy (non-hydrogen) atoms. The summed E-state index contributed by atoms with van der Waals surface area (Å²) in [6, 6.07) is 6.25. The van der Waals surface area contributed by atoms with Gasteiger partial charge in [-0.3, -0.25) is 4.79 Å². The van der Waals surface area contributed by atoms with E-state index in [0.717, 1.165) is 0 Å². The number of amides is 1. The monoisotopic (exact) mass is 177 g/mol. The fourth-order valence-corrected chi connectivity index (χ4v) is 1.21. The number of hydrogen-bond donors (Lipinski definition) is 1. The van der Waals surface area contributed by atoms with Gasteiger partial charge in [0.15, 0.2) is 0 Å². The molecule has 70 valence electrons. The molecule has 1 aromatic rings. The van der Waals surface area contributed by atoms with Crippen LogP contribution < -0.4 is 5.32 Å². The lowest BCUT2D eigenvalue weighted by molar-refractivity contribution is -0.119. The molecule has 0 heterocycles. The van der Waals surface area contributed by atoms with Crippen LogP contribution in [0.3, 0.4) is 0 Å². The Hall–Kier alpha value is -1.31. The van der Waals surface area contributed by atoms with Crippen molar-refractivity contribution >= 4 is 5.91 Å². The lowest BCUT2D eigenvalue weighted by Gasteiger charge is -2.07. The summed E-state index contributed by atoms with van der Waals surface area (Å²) >= 11 is 0. The summed E-state index contributed by atoms with van der Waals surface area (Å²) in [5.41, 5.74) is 3.64. The van der Waals surface area contributed by atoms with E-state index in [1.54, 1.807) is 0 Å². The van der Waals surface area contributed by atoms with Crippen LogP contribution in [0.2, 0.25) is 0 Å². The Morgan fingerprint density at radius 1 is 1.38 bits per heavy atom. The maximum atomic E-state index is 10.7. The van der Waals surface area contributed by atoms with E-state index in [4.69, 9.17) is 0 Å². The van der Waals surface area contributed by atoms with Crippen LogP contribution in [0.1, 0.15) is 23.6 Å². The molecule has 0 aliphatic carbocycles. The Bertz CT molecular complexity index is 318. The van der Waals surface area contributed by atoms with Crippen molar-refractivity contribution in [2.75, 3.05) is 0 Å². The first-order valence-electron chi connectivity index (χ1n) is 4.40. The number of hydrogen-bond acceptors (Lipinski definition) is 1. The molecule has 0 aliphatic heterocycles. The maximum absolute atomic E-state index is 10.7. The quantitative estimate of drug-likeness (QED) is 0.735. The van der Waals surface area contributed by atoms with E-state index >= 15 is 0 Å². The van der Waals surface area contributed by atoms with Crippen LogP contribution in [0, 0.1) is 13.8 Å². The first-order valence-corrected chi connectivity index (χ1v) is 4.40. The molecule has 1 N–H and O–H groups in total. The van der Waals surface area contributed by atoms with E-state index in [1.807, 2.05) is 0 Å². The molecule has 0 radical (unpaired) electrons. The SMILES string of the molecule is CC(=O)NCc1cc(C)ccc1C. The van der Waals surface area contributed by atoms with Gasteiger partial charge in [-0.1, -0.05) is 23.8 Å². The first-order chi connectivity index (χ1) is 6.09. The van der Waals surface area contributed by atoms with Gasteiger partial charge in [0.05, 0.1) is 0 Å². The van der Waals surface area contributed by atoms with Crippen LogP contribution in [0.15, 0.2) is 18.2 Å². The smallest absolute Gasteiger partial charge is 0.217 e. The van der Waals surface area contributed by atoms with Crippen LogP contribution in [-0.4, -0.2) is 5.91 Å². The van der Waals surface area contributed by atoms with Gasteiger partial charge in [0.1, 0.15) is 0 Å². The number of nitrogens with one attached hydrogen (secondary N) is 1. The van der Waals surface area contributed by atoms with Crippen LogP contribution in [0.4, 0.5) is 0 Å². The predicted molar refractivity (Wildman–Crippen MR) is 53.4 cm³/mol. The van der Waals surface area contributed by atoms with E-state index in [1.165, 1.54) is 23.6 Å². The minimum Gasteiger partial charge on any atom is -0.352 e. The molecular weight excluding hydrogens is 162 g/mol. The second kappa shape index (κ2) is 4.08. The number of carbonyl (C=O) groups excluding carboxylic acids is 1. The summed E-state index contributed by atoms with van der Waals surface area (Å²) in [5.74, 6) is 0.0147. The molecule has 0 saturated carbocycles. The molecule has 1 rings (SSSR count). The van der Waals surface area contributed by atoms with Gasteiger partial charge in [-0.25, -0.2) is 0 Å². The van der Waals surface area contributed by atoms with E-state index < -0.39 is 0 Å². The van der Waals surface area contributed by atoms with Crippen molar-refractivity contribution in [3.05, 3.63) is 34.9 Å². The standard InChI is InChI=1S/C11H15NO/c1-8-4-5-9(2)11(6-8)7-12-10(3)13/h4-6H,7H2,1-3H3,(H,12,13). The predicted octanol–water partition coefficient (Wildman–Crippen LogP) is 1.94. The molecule has 0 aromatic heterocycles. The van der Waals surface area contributed by atoms with Gasteiger partial charge >= 0.3 is 0 Å². The van der Waals surface area contributed by atoms with Crippen molar-refractivity contribution in [2.45, 2.75) is 27.3 Å². The number of benzene rings is 1. The lowest BCUT2D eigenvalue weighted by atomic mass is 10.1. The molecular formula is C11H15NO. The Labute approximate surface area is 79.0 Å². The summed E-state index contributed by atoms with van der Waals surface area (Å²) < 4.78 is 0. The fraction of sp³-hybridized carbons (Fsp3) is 0.364. The highest BCUT2D eigenvalue weighted by atomic mass is 16.1. The second-order valence-corrected chi connectivity index (χ2v) is 3.34. The lowest BCUT2D eigenvalue weighted by Crippen LogP contribution is -2.19. The highest BCUT2D eigenvalue weighted by Crippen LogP contribution is 2.09. The highest BCUT2D eigenvalue weighted by Gasteiger charge is 1.98. The zero-order valence-corrected chi connectivity index (χ0v) is 8.35. The third-order valence-electron chi connectivity index (χ3n) is 2.03. The molecule has 2 heteroatoms. The van der Waals surface area contributed by atoms with E-state index in [0.29, 0.717) is 6.54 Å². The van der Waals surface area contributed by atoms with Crippen molar-refractivity contribution in [3.8, 4) is 0 Å². The largest absolute Gasteiger partial charge is 0.352 e. The Morgan fingerprint density at radius 2 is 2.08 bits per heavy atom. The molecule has 0 fully saturated rings.